The van der Waals surface area contributed by atoms with Crippen molar-refractivity contribution in [3.05, 3.63) is 41.9 Å². The summed E-state index contributed by atoms with van der Waals surface area (Å²) in [7, 11) is 0. The topological polar surface area (TPSA) is 70.5 Å². The third-order valence-electron chi connectivity index (χ3n) is 2.92. The van der Waals surface area contributed by atoms with E-state index in [-0.39, 0.29) is 25.4 Å². The number of aromatic nitrogens is 1. The lowest BCUT2D eigenvalue weighted by atomic mass is 10.2. The first-order chi connectivity index (χ1) is 10.1. The van der Waals surface area contributed by atoms with E-state index in [0.29, 0.717) is 6.42 Å². The molecule has 0 saturated carbocycles. The number of aliphatic carboxylic acids is 1. The molecule has 0 unspecified atom stereocenters. The van der Waals surface area contributed by atoms with Gasteiger partial charge in [0.1, 0.15) is 6.54 Å². The maximum atomic E-state index is 12.0. The Bertz CT molecular complexity index is 633. The van der Waals surface area contributed by atoms with Crippen molar-refractivity contribution in [3.8, 4) is 0 Å². The summed E-state index contributed by atoms with van der Waals surface area (Å²) >= 11 is 1.56. The third kappa shape index (κ3) is 4.13. The number of carbonyl (C=O) groups is 2. The van der Waals surface area contributed by atoms with Gasteiger partial charge in [-0.3, -0.25) is 9.59 Å². The molecule has 1 aromatic heterocycles. The van der Waals surface area contributed by atoms with Crippen molar-refractivity contribution in [2.45, 2.75) is 12.8 Å². The summed E-state index contributed by atoms with van der Waals surface area (Å²) in [6.45, 7) is 3.48. The van der Waals surface area contributed by atoms with Gasteiger partial charge in [-0.05, 0) is 12.1 Å². The summed E-state index contributed by atoms with van der Waals surface area (Å²) in [4.78, 5) is 28.5. The number of benzene rings is 1. The summed E-state index contributed by atoms with van der Waals surface area (Å²) in [5, 5.41) is 9.69. The van der Waals surface area contributed by atoms with Gasteiger partial charge in [0, 0.05) is 19.4 Å². The Morgan fingerprint density at radius 2 is 2.14 bits per heavy atom. The molecule has 21 heavy (non-hydrogen) atoms. The van der Waals surface area contributed by atoms with Crippen LogP contribution in [-0.2, 0) is 16.0 Å². The highest BCUT2D eigenvalue weighted by atomic mass is 32.1. The van der Waals surface area contributed by atoms with Crippen LogP contribution < -0.4 is 0 Å². The van der Waals surface area contributed by atoms with Gasteiger partial charge in [0.15, 0.2) is 0 Å². The van der Waals surface area contributed by atoms with E-state index >= 15 is 0 Å². The first-order valence-electron chi connectivity index (χ1n) is 6.55. The maximum absolute atomic E-state index is 12.0. The fourth-order valence-electron chi connectivity index (χ4n) is 1.97. The molecule has 0 atom stereocenters. The molecule has 0 radical (unpaired) electrons. The normalized spacial score (nSPS) is 10.5. The zero-order chi connectivity index (χ0) is 15.2. The first kappa shape index (κ1) is 15.2. The van der Waals surface area contributed by atoms with E-state index in [4.69, 9.17) is 5.11 Å². The van der Waals surface area contributed by atoms with E-state index in [1.54, 1.807) is 11.3 Å². The molecular weight excluding hydrogens is 288 g/mol. The van der Waals surface area contributed by atoms with Gasteiger partial charge in [-0.2, -0.15) is 0 Å². The molecule has 5 nitrogen and oxygen atoms in total. The lowest BCUT2D eigenvalue weighted by Gasteiger charge is -2.18. The van der Waals surface area contributed by atoms with Crippen LogP contribution in [0.1, 0.15) is 11.4 Å². The average Bonchev–Trinajstić information content (AvgIpc) is 2.86. The molecule has 0 fully saturated rings. The predicted octanol–water partition coefficient (Wildman–Crippen LogP) is 2.33. The van der Waals surface area contributed by atoms with Crippen LogP contribution in [0.5, 0.6) is 0 Å². The quantitative estimate of drug-likeness (QED) is 0.797. The van der Waals surface area contributed by atoms with Crippen LogP contribution in [0.15, 0.2) is 36.9 Å². The Morgan fingerprint density at radius 3 is 2.81 bits per heavy atom. The first-order valence-corrected chi connectivity index (χ1v) is 7.36. The van der Waals surface area contributed by atoms with Gasteiger partial charge in [0.25, 0.3) is 0 Å². The Balaban J connectivity index is 1.98. The van der Waals surface area contributed by atoms with Gasteiger partial charge in [-0.15, -0.1) is 17.9 Å². The third-order valence-corrected chi connectivity index (χ3v) is 4.02. The zero-order valence-electron chi connectivity index (χ0n) is 11.5. The molecule has 0 aliphatic carbocycles. The maximum Gasteiger partial charge on any atom is 0.323 e. The Morgan fingerprint density at radius 1 is 1.38 bits per heavy atom. The Kier molecular flexibility index (Phi) is 5.05. The van der Waals surface area contributed by atoms with E-state index in [9.17, 15) is 9.59 Å². The van der Waals surface area contributed by atoms with E-state index in [2.05, 4.69) is 11.6 Å². The van der Waals surface area contributed by atoms with E-state index in [0.717, 1.165) is 15.2 Å². The van der Waals surface area contributed by atoms with Gasteiger partial charge < -0.3 is 10.0 Å². The van der Waals surface area contributed by atoms with Crippen LogP contribution in [0, 0.1) is 0 Å². The van der Waals surface area contributed by atoms with Crippen molar-refractivity contribution in [2.24, 2.45) is 0 Å². The van der Waals surface area contributed by atoms with Crippen molar-refractivity contribution >= 4 is 33.4 Å². The lowest BCUT2D eigenvalue weighted by Crippen LogP contribution is -2.35. The van der Waals surface area contributed by atoms with Crippen LogP contribution in [0.4, 0.5) is 0 Å². The minimum Gasteiger partial charge on any atom is -0.480 e. The number of thiazole rings is 1. The van der Waals surface area contributed by atoms with Gasteiger partial charge in [0.2, 0.25) is 5.91 Å². The average molecular weight is 304 g/mol. The van der Waals surface area contributed by atoms with Crippen LogP contribution >= 0.6 is 11.3 Å². The van der Waals surface area contributed by atoms with E-state index < -0.39 is 5.97 Å². The number of nitrogens with zero attached hydrogens (tertiary/aromatic N) is 2. The number of fused-ring (bicyclic) bond motifs is 1. The second-order valence-electron chi connectivity index (χ2n) is 4.53. The predicted molar refractivity (Wildman–Crippen MR) is 82.4 cm³/mol. The molecule has 1 heterocycles. The minimum atomic E-state index is -1.02. The smallest absolute Gasteiger partial charge is 0.323 e. The summed E-state index contributed by atoms with van der Waals surface area (Å²) in [5.74, 6) is -1.22. The zero-order valence-corrected chi connectivity index (χ0v) is 12.3. The summed E-state index contributed by atoms with van der Waals surface area (Å²) in [5.41, 5.74) is 0.929. The summed E-state index contributed by atoms with van der Waals surface area (Å²) < 4.78 is 1.09. The van der Waals surface area contributed by atoms with Gasteiger partial charge in [-0.25, -0.2) is 4.98 Å². The van der Waals surface area contributed by atoms with Gasteiger partial charge in [-0.1, -0.05) is 18.2 Å². The molecule has 1 aromatic carbocycles. The van der Waals surface area contributed by atoms with Crippen molar-refractivity contribution < 1.29 is 14.7 Å². The number of carboxylic acids is 1. The van der Waals surface area contributed by atoms with Gasteiger partial charge in [0.05, 0.1) is 15.2 Å². The van der Waals surface area contributed by atoms with E-state index in [1.165, 1.54) is 11.0 Å². The molecule has 2 aromatic rings. The molecule has 2 rings (SSSR count). The van der Waals surface area contributed by atoms with Crippen molar-refractivity contribution in [3.63, 3.8) is 0 Å². The highest BCUT2D eigenvalue weighted by molar-refractivity contribution is 7.18. The van der Waals surface area contributed by atoms with E-state index in [1.807, 2.05) is 24.3 Å². The lowest BCUT2D eigenvalue weighted by molar-refractivity contribution is -0.144. The number of hydrogen-bond donors (Lipinski definition) is 1. The number of rotatable bonds is 7. The highest BCUT2D eigenvalue weighted by Gasteiger charge is 2.16. The van der Waals surface area contributed by atoms with Crippen molar-refractivity contribution in [1.82, 2.24) is 9.88 Å². The van der Waals surface area contributed by atoms with Crippen LogP contribution in [0.2, 0.25) is 0 Å². The highest BCUT2D eigenvalue weighted by Crippen LogP contribution is 2.22. The Labute approximate surface area is 126 Å². The molecule has 0 spiro atoms. The standard InChI is InChI=1S/C15H16N2O3S/c1-2-9-17(10-15(19)20)14(18)8-7-13-16-11-5-3-4-6-12(11)21-13/h2-6H,1,7-10H2,(H,19,20). The number of hydrogen-bond acceptors (Lipinski definition) is 4. The summed E-state index contributed by atoms with van der Waals surface area (Å²) in [6, 6.07) is 7.81. The number of para-hydroxylation sites is 1. The van der Waals surface area contributed by atoms with Crippen LogP contribution in [0.3, 0.4) is 0 Å². The number of amides is 1. The molecule has 0 bridgehead atoms. The second kappa shape index (κ2) is 6.99. The number of carboxylic acid groups (broad SMARTS) is 1. The molecule has 1 amide bonds. The molecular formula is C15H16N2O3S. The number of carbonyl (C=O) groups excluding carboxylic acids is 1. The SMILES string of the molecule is C=CCN(CC(=O)O)C(=O)CCc1nc2ccccc2s1. The fraction of sp³-hybridized carbons (Fsp3) is 0.267. The molecule has 0 saturated heterocycles. The minimum absolute atomic E-state index is 0.198. The fourth-order valence-corrected chi connectivity index (χ4v) is 2.94. The van der Waals surface area contributed by atoms with Crippen LogP contribution in [0.25, 0.3) is 10.2 Å². The molecule has 0 aliphatic rings. The van der Waals surface area contributed by atoms with Crippen molar-refractivity contribution in [2.75, 3.05) is 13.1 Å². The van der Waals surface area contributed by atoms with Gasteiger partial charge >= 0.3 is 5.97 Å². The molecule has 110 valence electrons. The summed E-state index contributed by atoms with van der Waals surface area (Å²) in [6.07, 6.45) is 2.30. The molecule has 0 aliphatic heterocycles. The molecule has 6 heteroatoms. The Hall–Kier alpha value is -2.21. The monoisotopic (exact) mass is 304 g/mol. The van der Waals surface area contributed by atoms with Crippen molar-refractivity contribution in [1.29, 1.82) is 0 Å². The van der Waals surface area contributed by atoms with Crippen LogP contribution in [-0.4, -0.2) is 40.0 Å². The molecule has 1 N–H and O–H groups in total. The second-order valence-corrected chi connectivity index (χ2v) is 5.65. The number of aryl methyl sites for hydroxylation is 1. The largest absolute Gasteiger partial charge is 0.480 e.